The molecule has 96 valence electrons. The van der Waals surface area contributed by atoms with Gasteiger partial charge in [-0.05, 0) is 41.5 Å². The third-order valence-corrected chi connectivity index (χ3v) is 2.59. The van der Waals surface area contributed by atoms with Crippen molar-refractivity contribution in [1.29, 1.82) is 0 Å². The average molecular weight is 242 g/mol. The number of hydrogen-bond acceptors (Lipinski definition) is 1. The van der Waals surface area contributed by atoms with Gasteiger partial charge in [-0.15, -0.1) is 0 Å². The Morgan fingerprint density at radius 2 is 1.76 bits per heavy atom. The topological polar surface area (TPSA) is 9.23 Å². The van der Waals surface area contributed by atoms with Crippen molar-refractivity contribution in [1.82, 2.24) is 0 Å². The molecule has 0 amide bonds. The fraction of sp³-hybridized carbons (Fsp3) is 0.571. The zero-order chi connectivity index (χ0) is 13.0. The molecule has 0 aromatic heterocycles. The summed E-state index contributed by atoms with van der Waals surface area (Å²) in [5.74, 6) is 1.14. The lowest BCUT2D eigenvalue weighted by Crippen LogP contribution is -2.05. The summed E-state index contributed by atoms with van der Waals surface area (Å²) in [5.41, 5.74) is 2.31. The predicted octanol–water partition coefficient (Wildman–Crippen LogP) is 4.61. The fourth-order valence-electron chi connectivity index (χ4n) is 1.94. The van der Waals surface area contributed by atoms with Crippen molar-refractivity contribution < 1.29 is 13.5 Å². The largest absolute Gasteiger partial charge is 0.435 e. The fourth-order valence-corrected chi connectivity index (χ4v) is 1.94. The summed E-state index contributed by atoms with van der Waals surface area (Å²) in [5, 5.41) is 0. The van der Waals surface area contributed by atoms with Crippen LogP contribution in [0, 0.1) is 5.92 Å². The van der Waals surface area contributed by atoms with Gasteiger partial charge in [0.25, 0.3) is 0 Å². The van der Waals surface area contributed by atoms with Crippen LogP contribution in [0.5, 0.6) is 5.75 Å². The normalized spacial score (nSPS) is 11.6. The molecule has 0 saturated heterocycles. The summed E-state index contributed by atoms with van der Waals surface area (Å²) in [7, 11) is 0. The lowest BCUT2D eigenvalue weighted by molar-refractivity contribution is -0.0498. The Morgan fingerprint density at radius 1 is 1.12 bits per heavy atom. The molecule has 0 saturated carbocycles. The van der Waals surface area contributed by atoms with E-state index in [4.69, 9.17) is 0 Å². The molecule has 0 aliphatic heterocycles. The van der Waals surface area contributed by atoms with Gasteiger partial charge >= 0.3 is 6.61 Å². The van der Waals surface area contributed by atoms with E-state index in [-0.39, 0.29) is 5.75 Å². The third kappa shape index (κ3) is 4.33. The van der Waals surface area contributed by atoms with Crippen molar-refractivity contribution >= 4 is 0 Å². The van der Waals surface area contributed by atoms with Crippen molar-refractivity contribution in [3.05, 3.63) is 29.3 Å². The summed E-state index contributed by atoms with van der Waals surface area (Å²) in [6, 6.07) is 5.24. The van der Waals surface area contributed by atoms with E-state index in [1.54, 1.807) is 12.1 Å². The first kappa shape index (κ1) is 13.9. The molecule has 1 aromatic rings. The minimum absolute atomic E-state index is 0.250. The summed E-state index contributed by atoms with van der Waals surface area (Å²) < 4.78 is 28.7. The molecule has 0 fully saturated rings. The van der Waals surface area contributed by atoms with E-state index in [1.807, 2.05) is 6.07 Å². The Bertz CT molecular complexity index is 359. The standard InChI is InChI=1S/C14H20F2O/c1-9(2)7-11-8-12(17-14(15)16)5-6-13(11)10(3)4/h5-6,8-10,14H,7H2,1-4H3. The summed E-state index contributed by atoms with van der Waals surface area (Å²) in [6.07, 6.45) is 0.883. The molecule has 0 aliphatic carbocycles. The Labute approximate surface area is 102 Å². The molecule has 0 spiro atoms. The van der Waals surface area contributed by atoms with Crippen LogP contribution in [0.2, 0.25) is 0 Å². The van der Waals surface area contributed by atoms with Gasteiger partial charge in [0.15, 0.2) is 0 Å². The van der Waals surface area contributed by atoms with Crippen LogP contribution in [-0.2, 0) is 6.42 Å². The molecule has 1 rings (SSSR count). The quantitative estimate of drug-likeness (QED) is 0.732. The van der Waals surface area contributed by atoms with E-state index >= 15 is 0 Å². The Kier molecular flexibility index (Phi) is 4.91. The molecule has 1 aromatic carbocycles. The predicted molar refractivity (Wildman–Crippen MR) is 65.7 cm³/mol. The highest BCUT2D eigenvalue weighted by Gasteiger charge is 2.11. The molecule has 0 unspecified atom stereocenters. The molecule has 1 nitrogen and oxygen atoms in total. The van der Waals surface area contributed by atoms with Gasteiger partial charge in [0.05, 0.1) is 0 Å². The van der Waals surface area contributed by atoms with Crippen LogP contribution < -0.4 is 4.74 Å². The van der Waals surface area contributed by atoms with Gasteiger partial charge in [0.2, 0.25) is 0 Å². The number of rotatable bonds is 5. The van der Waals surface area contributed by atoms with E-state index in [1.165, 1.54) is 5.56 Å². The van der Waals surface area contributed by atoms with Crippen molar-refractivity contribution in [3.63, 3.8) is 0 Å². The second-order valence-corrected chi connectivity index (χ2v) is 4.99. The Morgan fingerprint density at radius 3 is 2.24 bits per heavy atom. The van der Waals surface area contributed by atoms with Crippen LogP contribution in [0.15, 0.2) is 18.2 Å². The highest BCUT2D eigenvalue weighted by atomic mass is 19.3. The minimum Gasteiger partial charge on any atom is -0.435 e. The zero-order valence-corrected chi connectivity index (χ0v) is 10.8. The van der Waals surface area contributed by atoms with Crippen LogP contribution in [0.3, 0.4) is 0 Å². The van der Waals surface area contributed by atoms with Crippen LogP contribution >= 0.6 is 0 Å². The number of hydrogen-bond donors (Lipinski definition) is 0. The van der Waals surface area contributed by atoms with Gasteiger partial charge < -0.3 is 4.74 Å². The first-order valence-electron chi connectivity index (χ1n) is 5.97. The lowest BCUT2D eigenvalue weighted by Gasteiger charge is -2.16. The second-order valence-electron chi connectivity index (χ2n) is 4.99. The highest BCUT2D eigenvalue weighted by molar-refractivity contribution is 5.37. The minimum atomic E-state index is -2.76. The first-order chi connectivity index (χ1) is 7.90. The monoisotopic (exact) mass is 242 g/mol. The smallest absolute Gasteiger partial charge is 0.387 e. The van der Waals surface area contributed by atoms with Gasteiger partial charge in [0.1, 0.15) is 5.75 Å². The molecule has 0 N–H and O–H groups in total. The molecule has 0 heterocycles. The van der Waals surface area contributed by atoms with Crippen LogP contribution in [0.1, 0.15) is 44.7 Å². The van der Waals surface area contributed by atoms with Gasteiger partial charge in [-0.1, -0.05) is 33.8 Å². The van der Waals surface area contributed by atoms with Crippen LogP contribution in [0.4, 0.5) is 8.78 Å². The van der Waals surface area contributed by atoms with Crippen molar-refractivity contribution in [3.8, 4) is 5.75 Å². The average Bonchev–Trinajstić information content (AvgIpc) is 2.15. The SMILES string of the molecule is CC(C)Cc1cc(OC(F)F)ccc1C(C)C. The molecule has 3 heteroatoms. The van der Waals surface area contributed by atoms with E-state index in [0.29, 0.717) is 11.8 Å². The van der Waals surface area contributed by atoms with Gasteiger partial charge in [-0.2, -0.15) is 8.78 Å². The third-order valence-electron chi connectivity index (χ3n) is 2.59. The van der Waals surface area contributed by atoms with Crippen molar-refractivity contribution in [2.75, 3.05) is 0 Å². The second kappa shape index (κ2) is 5.99. The Hall–Kier alpha value is -1.12. The summed E-state index contributed by atoms with van der Waals surface area (Å²) >= 11 is 0. The van der Waals surface area contributed by atoms with E-state index in [2.05, 4.69) is 32.4 Å². The number of alkyl halides is 2. The van der Waals surface area contributed by atoms with Crippen LogP contribution in [-0.4, -0.2) is 6.61 Å². The maximum atomic E-state index is 12.2. The van der Waals surface area contributed by atoms with Gasteiger partial charge in [-0.3, -0.25) is 0 Å². The van der Waals surface area contributed by atoms with Crippen molar-refractivity contribution in [2.24, 2.45) is 5.92 Å². The molecule has 0 atom stereocenters. The summed E-state index contributed by atoms with van der Waals surface area (Å²) in [6.45, 7) is 5.68. The maximum Gasteiger partial charge on any atom is 0.387 e. The molecule has 0 aliphatic rings. The molecular formula is C14H20F2O. The van der Waals surface area contributed by atoms with Crippen LogP contribution in [0.25, 0.3) is 0 Å². The maximum absolute atomic E-state index is 12.2. The molecule has 17 heavy (non-hydrogen) atoms. The van der Waals surface area contributed by atoms with E-state index in [0.717, 1.165) is 12.0 Å². The zero-order valence-electron chi connectivity index (χ0n) is 10.8. The van der Waals surface area contributed by atoms with Gasteiger partial charge in [-0.25, -0.2) is 0 Å². The van der Waals surface area contributed by atoms with Gasteiger partial charge in [0, 0.05) is 0 Å². The van der Waals surface area contributed by atoms with E-state index in [9.17, 15) is 8.78 Å². The molecule has 0 radical (unpaired) electrons. The highest BCUT2D eigenvalue weighted by Crippen LogP contribution is 2.27. The Balaban J connectivity index is 3.01. The first-order valence-corrected chi connectivity index (χ1v) is 5.97. The number of halogens is 2. The lowest BCUT2D eigenvalue weighted by atomic mass is 9.92. The van der Waals surface area contributed by atoms with E-state index < -0.39 is 6.61 Å². The van der Waals surface area contributed by atoms with Crippen molar-refractivity contribution in [2.45, 2.75) is 46.6 Å². The molecule has 0 bridgehead atoms. The summed E-state index contributed by atoms with van der Waals surface area (Å²) in [4.78, 5) is 0. The number of benzene rings is 1. The molecular weight excluding hydrogens is 222 g/mol. The number of ether oxygens (including phenoxy) is 1.